The standard InChI is InChI=1S/C18H27N3O3/c1-4-8-18(12-22)9-5-10-21(11-18)16(23)7-6-15-13(2)19-17(24)20-14(15)3/h4,22H,1,5-12H2,2-3H3,(H,19,20,24). The minimum absolute atomic E-state index is 0.0743. The molecule has 1 unspecified atom stereocenters. The molecule has 132 valence electrons. The van der Waals surface area contributed by atoms with Crippen molar-refractivity contribution in [2.75, 3.05) is 19.7 Å². The number of nitrogens with one attached hydrogen (secondary N) is 1. The highest BCUT2D eigenvalue weighted by molar-refractivity contribution is 5.76. The van der Waals surface area contributed by atoms with E-state index < -0.39 is 0 Å². The van der Waals surface area contributed by atoms with E-state index in [1.54, 1.807) is 6.92 Å². The van der Waals surface area contributed by atoms with E-state index in [1.807, 2.05) is 17.9 Å². The summed E-state index contributed by atoms with van der Waals surface area (Å²) in [5.41, 5.74) is 1.78. The Morgan fingerprint density at radius 1 is 1.50 bits per heavy atom. The van der Waals surface area contributed by atoms with E-state index in [-0.39, 0.29) is 23.6 Å². The smallest absolute Gasteiger partial charge is 0.345 e. The van der Waals surface area contributed by atoms with Gasteiger partial charge >= 0.3 is 5.69 Å². The van der Waals surface area contributed by atoms with Gasteiger partial charge in [0.15, 0.2) is 0 Å². The van der Waals surface area contributed by atoms with Crippen molar-refractivity contribution >= 4 is 5.91 Å². The van der Waals surface area contributed by atoms with E-state index in [0.717, 1.165) is 37.1 Å². The summed E-state index contributed by atoms with van der Waals surface area (Å²) < 4.78 is 0. The number of likely N-dealkylation sites (tertiary alicyclic amines) is 1. The molecular formula is C18H27N3O3. The topological polar surface area (TPSA) is 86.3 Å². The number of piperidine rings is 1. The van der Waals surface area contributed by atoms with Gasteiger partial charge in [0.1, 0.15) is 0 Å². The predicted molar refractivity (Wildman–Crippen MR) is 92.8 cm³/mol. The highest BCUT2D eigenvalue weighted by Gasteiger charge is 2.35. The molecule has 1 aromatic rings. The molecule has 1 fully saturated rings. The maximum Gasteiger partial charge on any atom is 0.345 e. The van der Waals surface area contributed by atoms with Crippen molar-refractivity contribution in [3.05, 3.63) is 40.1 Å². The zero-order chi connectivity index (χ0) is 17.7. The Kier molecular flexibility index (Phi) is 5.94. The molecule has 2 N–H and O–H groups in total. The van der Waals surface area contributed by atoms with Crippen molar-refractivity contribution in [2.45, 2.75) is 46.0 Å². The number of H-pyrrole nitrogens is 1. The van der Waals surface area contributed by atoms with Gasteiger partial charge in [-0.2, -0.15) is 4.98 Å². The zero-order valence-electron chi connectivity index (χ0n) is 14.6. The molecule has 0 aliphatic carbocycles. The molecule has 0 bridgehead atoms. The van der Waals surface area contributed by atoms with Gasteiger partial charge in [0.2, 0.25) is 5.91 Å². The molecule has 6 nitrogen and oxygen atoms in total. The minimum atomic E-state index is -0.353. The lowest BCUT2D eigenvalue weighted by Gasteiger charge is -2.41. The number of allylic oxidation sites excluding steroid dienone is 1. The Morgan fingerprint density at radius 3 is 2.88 bits per heavy atom. The van der Waals surface area contributed by atoms with Crippen molar-refractivity contribution < 1.29 is 9.90 Å². The van der Waals surface area contributed by atoms with Crippen LogP contribution in [-0.2, 0) is 11.2 Å². The average molecular weight is 333 g/mol. The molecule has 1 atom stereocenters. The number of amides is 1. The monoisotopic (exact) mass is 333 g/mol. The third kappa shape index (κ3) is 4.12. The van der Waals surface area contributed by atoms with Gasteiger partial charge in [-0.15, -0.1) is 6.58 Å². The molecule has 0 spiro atoms. The lowest BCUT2D eigenvalue weighted by Crippen LogP contribution is -2.47. The van der Waals surface area contributed by atoms with E-state index >= 15 is 0 Å². The molecule has 24 heavy (non-hydrogen) atoms. The normalized spacial score (nSPS) is 20.9. The molecule has 0 aromatic carbocycles. The maximum atomic E-state index is 12.6. The third-order valence-corrected chi connectivity index (χ3v) is 4.97. The predicted octanol–water partition coefficient (Wildman–Crippen LogP) is 1.50. The van der Waals surface area contributed by atoms with Crippen LogP contribution in [0.1, 0.15) is 42.6 Å². The first-order chi connectivity index (χ1) is 11.4. The highest BCUT2D eigenvalue weighted by Crippen LogP contribution is 2.33. The van der Waals surface area contributed by atoms with Crippen molar-refractivity contribution in [2.24, 2.45) is 5.41 Å². The Morgan fingerprint density at radius 2 is 2.25 bits per heavy atom. The van der Waals surface area contributed by atoms with Crippen LogP contribution in [0.25, 0.3) is 0 Å². The summed E-state index contributed by atoms with van der Waals surface area (Å²) >= 11 is 0. The number of carbonyl (C=O) groups excluding carboxylic acids is 1. The number of aryl methyl sites for hydroxylation is 2. The van der Waals surface area contributed by atoms with Crippen LogP contribution in [0.2, 0.25) is 0 Å². The second kappa shape index (κ2) is 7.75. The van der Waals surface area contributed by atoms with E-state index in [4.69, 9.17) is 0 Å². The molecule has 2 heterocycles. The summed E-state index contributed by atoms with van der Waals surface area (Å²) in [4.78, 5) is 32.4. The summed E-state index contributed by atoms with van der Waals surface area (Å²) in [6.45, 7) is 8.79. The number of hydrogen-bond donors (Lipinski definition) is 2. The summed E-state index contributed by atoms with van der Waals surface area (Å²) in [7, 11) is 0. The Hall–Kier alpha value is -1.95. The lowest BCUT2D eigenvalue weighted by atomic mass is 9.77. The molecular weight excluding hydrogens is 306 g/mol. The average Bonchev–Trinajstić information content (AvgIpc) is 2.54. The fraction of sp³-hybridized carbons (Fsp3) is 0.611. The molecule has 2 rings (SSSR count). The first kappa shape index (κ1) is 18.4. The number of carbonyl (C=O) groups is 1. The third-order valence-electron chi connectivity index (χ3n) is 4.97. The number of aliphatic hydroxyl groups excluding tert-OH is 1. The summed E-state index contributed by atoms with van der Waals surface area (Å²) in [6.07, 6.45) is 5.30. The number of rotatable bonds is 6. The van der Waals surface area contributed by atoms with E-state index in [9.17, 15) is 14.7 Å². The van der Waals surface area contributed by atoms with E-state index in [2.05, 4.69) is 16.5 Å². The second-order valence-electron chi connectivity index (χ2n) is 6.80. The minimum Gasteiger partial charge on any atom is -0.396 e. The Labute approximate surface area is 142 Å². The quantitative estimate of drug-likeness (QED) is 0.773. The van der Waals surface area contributed by atoms with E-state index in [0.29, 0.717) is 25.1 Å². The van der Waals surface area contributed by atoms with Crippen LogP contribution in [0.5, 0.6) is 0 Å². The van der Waals surface area contributed by atoms with Crippen LogP contribution < -0.4 is 5.69 Å². The first-order valence-electron chi connectivity index (χ1n) is 8.47. The van der Waals surface area contributed by atoms with Crippen LogP contribution in [0.15, 0.2) is 17.4 Å². The van der Waals surface area contributed by atoms with Crippen molar-refractivity contribution in [1.82, 2.24) is 14.9 Å². The SMILES string of the molecule is C=CCC1(CO)CCCN(C(=O)CCc2c(C)nc(=O)[nH]c2C)C1. The van der Waals surface area contributed by atoms with Gasteiger partial charge in [-0.05, 0) is 45.1 Å². The summed E-state index contributed by atoms with van der Waals surface area (Å²) in [5, 5.41) is 9.75. The van der Waals surface area contributed by atoms with Crippen LogP contribution >= 0.6 is 0 Å². The molecule has 0 saturated carbocycles. The fourth-order valence-corrected chi connectivity index (χ4v) is 3.60. The lowest BCUT2D eigenvalue weighted by molar-refractivity contribution is -0.135. The molecule has 1 aliphatic heterocycles. The Balaban J connectivity index is 2.02. The number of nitrogens with zero attached hydrogens (tertiary/aromatic N) is 2. The molecule has 1 aromatic heterocycles. The number of aromatic amines is 1. The largest absolute Gasteiger partial charge is 0.396 e. The zero-order valence-corrected chi connectivity index (χ0v) is 14.6. The molecule has 0 radical (unpaired) electrons. The fourth-order valence-electron chi connectivity index (χ4n) is 3.60. The molecule has 6 heteroatoms. The van der Waals surface area contributed by atoms with E-state index in [1.165, 1.54) is 0 Å². The highest BCUT2D eigenvalue weighted by atomic mass is 16.3. The van der Waals surface area contributed by atoms with Crippen LogP contribution in [0.3, 0.4) is 0 Å². The first-order valence-corrected chi connectivity index (χ1v) is 8.47. The van der Waals surface area contributed by atoms with Crippen LogP contribution in [0, 0.1) is 19.3 Å². The summed E-state index contributed by atoms with van der Waals surface area (Å²) in [6, 6.07) is 0. The number of hydrogen-bond acceptors (Lipinski definition) is 4. The van der Waals surface area contributed by atoms with Gasteiger partial charge in [0, 0.05) is 36.3 Å². The molecule has 1 amide bonds. The van der Waals surface area contributed by atoms with Gasteiger partial charge < -0.3 is 15.0 Å². The number of aliphatic hydroxyl groups is 1. The second-order valence-corrected chi connectivity index (χ2v) is 6.80. The van der Waals surface area contributed by atoms with Gasteiger partial charge in [-0.25, -0.2) is 4.79 Å². The van der Waals surface area contributed by atoms with Crippen LogP contribution in [0.4, 0.5) is 0 Å². The molecule has 1 aliphatic rings. The van der Waals surface area contributed by atoms with Crippen molar-refractivity contribution in [1.29, 1.82) is 0 Å². The van der Waals surface area contributed by atoms with Gasteiger partial charge in [-0.3, -0.25) is 4.79 Å². The number of aromatic nitrogens is 2. The summed E-state index contributed by atoms with van der Waals surface area (Å²) in [5.74, 6) is 0.0848. The van der Waals surface area contributed by atoms with Crippen LogP contribution in [-0.4, -0.2) is 45.6 Å². The van der Waals surface area contributed by atoms with Gasteiger partial charge in [-0.1, -0.05) is 6.08 Å². The van der Waals surface area contributed by atoms with Gasteiger partial charge in [0.05, 0.1) is 6.61 Å². The molecule has 1 saturated heterocycles. The van der Waals surface area contributed by atoms with Crippen molar-refractivity contribution in [3.63, 3.8) is 0 Å². The Bertz CT molecular complexity index is 642. The van der Waals surface area contributed by atoms with Crippen molar-refractivity contribution in [3.8, 4) is 0 Å². The maximum absolute atomic E-state index is 12.6. The van der Waals surface area contributed by atoms with Gasteiger partial charge in [0.25, 0.3) is 0 Å².